The highest BCUT2D eigenvalue weighted by atomic mass is 16.3. The van der Waals surface area contributed by atoms with Gasteiger partial charge in [-0.1, -0.05) is 66.2 Å². The number of aliphatic hydroxyl groups is 1. The van der Waals surface area contributed by atoms with E-state index in [2.05, 4.69) is 31.2 Å². The first-order valence-electron chi connectivity index (χ1n) is 20.2. The van der Waals surface area contributed by atoms with Gasteiger partial charge < -0.3 is 31.3 Å². The van der Waals surface area contributed by atoms with Crippen LogP contribution in [-0.2, 0) is 19.2 Å². The molecule has 1 aromatic heterocycles. The third-order valence-corrected chi connectivity index (χ3v) is 13.6. The molecule has 6 rings (SSSR count). The van der Waals surface area contributed by atoms with Crippen molar-refractivity contribution in [3.8, 4) is 0 Å². The molecule has 3 saturated carbocycles. The molecule has 292 valence electrons. The van der Waals surface area contributed by atoms with Crippen molar-refractivity contribution in [3.63, 3.8) is 0 Å². The zero-order chi connectivity index (χ0) is 38.1. The molecule has 0 bridgehead atoms. The smallest absolute Gasteiger partial charge is 0.272 e. The van der Waals surface area contributed by atoms with Crippen LogP contribution in [0.3, 0.4) is 0 Å². The predicted octanol–water partition coefficient (Wildman–Crippen LogP) is 3.26. The molecular weight excluding hydrogens is 674 g/mol. The lowest BCUT2D eigenvalue weighted by atomic mass is 9.62. The molecule has 5 fully saturated rings. The zero-order valence-corrected chi connectivity index (χ0v) is 32.2. The Morgan fingerprint density at radius 2 is 1.60 bits per heavy atom. The number of likely N-dealkylation sites (tertiary alicyclic amines) is 1. The van der Waals surface area contributed by atoms with Gasteiger partial charge >= 0.3 is 0 Å². The van der Waals surface area contributed by atoms with Gasteiger partial charge in [0.2, 0.25) is 17.7 Å². The van der Waals surface area contributed by atoms with Gasteiger partial charge in [0.1, 0.15) is 23.8 Å². The number of carbonyl (C=O) groups is 5. The molecule has 5 N–H and O–H groups in total. The van der Waals surface area contributed by atoms with E-state index in [-0.39, 0.29) is 41.3 Å². The maximum atomic E-state index is 14.7. The van der Waals surface area contributed by atoms with Crippen LogP contribution in [0, 0.1) is 34.5 Å². The van der Waals surface area contributed by atoms with Crippen LogP contribution in [0.15, 0.2) is 18.6 Å². The van der Waals surface area contributed by atoms with E-state index in [1.807, 2.05) is 34.6 Å². The fourth-order valence-electron chi connectivity index (χ4n) is 10.7. The Kier molecular flexibility index (Phi) is 11.8. The number of nitrogens with one attached hydrogen (secondary N) is 4. The topological polar surface area (TPSA) is 183 Å². The van der Waals surface area contributed by atoms with Crippen LogP contribution in [-0.4, -0.2) is 92.4 Å². The van der Waals surface area contributed by atoms with Crippen LogP contribution in [0.2, 0.25) is 0 Å². The van der Waals surface area contributed by atoms with Gasteiger partial charge in [-0.2, -0.15) is 0 Å². The first kappa shape index (κ1) is 39.1. The van der Waals surface area contributed by atoms with E-state index >= 15 is 0 Å². The van der Waals surface area contributed by atoms with Crippen molar-refractivity contribution in [3.05, 3.63) is 24.3 Å². The molecule has 13 heteroatoms. The molecule has 9 atom stereocenters. The van der Waals surface area contributed by atoms with Gasteiger partial charge in [-0.15, -0.1) is 0 Å². The van der Waals surface area contributed by atoms with Crippen LogP contribution in [0.5, 0.6) is 0 Å². The van der Waals surface area contributed by atoms with E-state index in [9.17, 15) is 29.1 Å². The second kappa shape index (κ2) is 16.0. The number of hydrogen-bond donors (Lipinski definition) is 5. The molecule has 5 amide bonds. The van der Waals surface area contributed by atoms with Gasteiger partial charge in [-0.05, 0) is 80.5 Å². The molecule has 0 aromatic carbocycles. The molecule has 5 aliphatic rings. The van der Waals surface area contributed by atoms with Gasteiger partial charge in [0.15, 0.2) is 6.10 Å². The average Bonchev–Trinajstić information content (AvgIpc) is 3.74. The summed E-state index contributed by atoms with van der Waals surface area (Å²) >= 11 is 0. The number of amides is 5. The van der Waals surface area contributed by atoms with E-state index in [4.69, 9.17) is 0 Å². The van der Waals surface area contributed by atoms with Gasteiger partial charge in [-0.25, -0.2) is 4.98 Å². The largest absolute Gasteiger partial charge is 0.381 e. The summed E-state index contributed by atoms with van der Waals surface area (Å²) in [5.41, 5.74) is -1.19. The van der Waals surface area contributed by atoms with Crippen LogP contribution in [0.25, 0.3) is 0 Å². The second-order valence-electron chi connectivity index (χ2n) is 17.7. The summed E-state index contributed by atoms with van der Waals surface area (Å²) in [6, 6.07) is -3.48. The summed E-state index contributed by atoms with van der Waals surface area (Å²) in [7, 11) is 0. The van der Waals surface area contributed by atoms with Gasteiger partial charge in [0.05, 0.1) is 12.2 Å². The molecule has 2 unspecified atom stereocenters. The van der Waals surface area contributed by atoms with E-state index in [1.54, 1.807) is 4.90 Å². The fraction of sp³-hybridized carbons (Fsp3) is 0.775. The molecule has 2 aliphatic heterocycles. The van der Waals surface area contributed by atoms with E-state index < -0.39 is 58.8 Å². The minimum Gasteiger partial charge on any atom is -0.381 e. The van der Waals surface area contributed by atoms with Gasteiger partial charge in [-0.3, -0.25) is 29.0 Å². The highest BCUT2D eigenvalue weighted by Gasteiger charge is 2.67. The highest BCUT2D eigenvalue weighted by Crippen LogP contribution is 2.59. The summed E-state index contributed by atoms with van der Waals surface area (Å²) in [4.78, 5) is 79.7. The Bertz CT molecular complexity index is 1510. The van der Waals surface area contributed by atoms with Crippen molar-refractivity contribution in [1.29, 1.82) is 0 Å². The average molecular weight is 736 g/mol. The van der Waals surface area contributed by atoms with Crippen molar-refractivity contribution in [2.24, 2.45) is 34.5 Å². The SMILES string of the molecule is CCC12CC[C@H]3CN(C(=O)[C@@H](NC(=O)[C@@H](NC(=O)c4cnccn4)C4CCCCC4)C(C)(C)C)[C@H](C(=O)N[C@@H]1C(O)C(=O)N[C@@H](C)C1CCCCC1)[C@H]32. The molecule has 0 radical (unpaired) electrons. The quantitative estimate of drug-likeness (QED) is 0.230. The van der Waals surface area contributed by atoms with E-state index in [0.29, 0.717) is 18.9 Å². The highest BCUT2D eigenvalue weighted by molar-refractivity contribution is 5.98. The molecule has 3 heterocycles. The van der Waals surface area contributed by atoms with Crippen molar-refractivity contribution in [2.45, 2.75) is 154 Å². The Morgan fingerprint density at radius 1 is 0.943 bits per heavy atom. The van der Waals surface area contributed by atoms with Crippen LogP contribution >= 0.6 is 0 Å². The van der Waals surface area contributed by atoms with Crippen LogP contribution < -0.4 is 21.3 Å². The van der Waals surface area contributed by atoms with E-state index in [0.717, 1.165) is 70.6 Å². The van der Waals surface area contributed by atoms with Gasteiger partial charge in [0.25, 0.3) is 11.8 Å². The van der Waals surface area contributed by atoms with Crippen LogP contribution in [0.1, 0.15) is 129 Å². The minimum atomic E-state index is -1.41. The summed E-state index contributed by atoms with van der Waals surface area (Å²) in [6.45, 7) is 10.1. The normalized spacial score (nSPS) is 30.0. The number of nitrogens with zero attached hydrogens (tertiary/aromatic N) is 3. The Balaban J connectivity index is 1.20. The molecule has 3 aliphatic carbocycles. The van der Waals surface area contributed by atoms with Crippen LogP contribution in [0.4, 0.5) is 0 Å². The lowest BCUT2D eigenvalue weighted by molar-refractivity contribution is -0.153. The third-order valence-electron chi connectivity index (χ3n) is 13.6. The predicted molar refractivity (Wildman–Crippen MR) is 198 cm³/mol. The summed E-state index contributed by atoms with van der Waals surface area (Å²) < 4.78 is 0. The lowest BCUT2D eigenvalue weighted by Crippen LogP contribution is -2.70. The van der Waals surface area contributed by atoms with Crippen molar-refractivity contribution < 1.29 is 29.1 Å². The fourth-order valence-corrected chi connectivity index (χ4v) is 10.7. The first-order chi connectivity index (χ1) is 25.3. The van der Waals surface area contributed by atoms with E-state index in [1.165, 1.54) is 25.0 Å². The Hall–Kier alpha value is -3.61. The van der Waals surface area contributed by atoms with Crippen molar-refractivity contribution in [2.75, 3.05) is 6.54 Å². The number of aromatic nitrogens is 2. The minimum absolute atomic E-state index is 0.0199. The number of carbonyl (C=O) groups excluding carboxylic acids is 5. The first-order valence-corrected chi connectivity index (χ1v) is 20.2. The Labute approximate surface area is 314 Å². The number of aliphatic hydroxyl groups excluding tert-OH is 1. The molecular formula is C40H61N7O6. The Morgan fingerprint density at radius 3 is 2.21 bits per heavy atom. The maximum absolute atomic E-state index is 14.7. The monoisotopic (exact) mass is 735 g/mol. The molecule has 2 saturated heterocycles. The molecule has 1 aromatic rings. The molecule has 13 nitrogen and oxygen atoms in total. The number of rotatable bonds is 11. The van der Waals surface area contributed by atoms with Crippen molar-refractivity contribution >= 4 is 29.5 Å². The summed E-state index contributed by atoms with van der Waals surface area (Å²) in [6.07, 6.45) is 15.1. The zero-order valence-electron chi connectivity index (χ0n) is 32.2. The number of piperidine rings is 1. The molecule has 0 spiro atoms. The standard InChI is InChI=1S/C40H61N7O6/c1-6-40-18-17-26-22-47(30(28(26)40)36(51)45-32(40)31(48)37(52)43-23(2)24-13-9-7-10-14-24)38(53)33(39(3,4)5)46-35(50)29(25-15-11-8-12-16-25)44-34(49)27-21-41-19-20-42-27/h19-21,23-26,28-33,48H,6-18,22H2,1-5H3,(H,43,52)(H,44,49)(H,45,51)(H,46,50)/t23-,26-,28-,29-,30-,31?,32+,33+,40?/m0/s1. The summed E-state index contributed by atoms with van der Waals surface area (Å²) in [5.74, 6) is -2.05. The van der Waals surface area contributed by atoms with Gasteiger partial charge in [0, 0.05) is 30.9 Å². The second-order valence-corrected chi connectivity index (χ2v) is 17.7. The maximum Gasteiger partial charge on any atom is 0.272 e. The van der Waals surface area contributed by atoms with Crippen molar-refractivity contribution in [1.82, 2.24) is 36.1 Å². The molecule has 53 heavy (non-hydrogen) atoms. The lowest BCUT2D eigenvalue weighted by Gasteiger charge is -2.50. The number of hydrogen-bond acceptors (Lipinski definition) is 8. The third kappa shape index (κ3) is 7.82. The summed E-state index contributed by atoms with van der Waals surface area (Å²) in [5, 5.41) is 23.7.